The van der Waals surface area contributed by atoms with Crippen LogP contribution in [0.5, 0.6) is 5.75 Å². The first kappa shape index (κ1) is 30.5. The summed E-state index contributed by atoms with van der Waals surface area (Å²) >= 11 is 9.72. The minimum atomic E-state index is -0.347. The van der Waals surface area contributed by atoms with Gasteiger partial charge in [-0.15, -0.1) is 11.8 Å². The highest BCUT2D eigenvalue weighted by molar-refractivity contribution is 8.02. The number of rotatable bonds is 9. The molecule has 4 aromatic carbocycles. The van der Waals surface area contributed by atoms with Crippen LogP contribution in [0.15, 0.2) is 124 Å². The molecule has 2 aromatic heterocycles. The van der Waals surface area contributed by atoms with Crippen molar-refractivity contribution in [1.29, 1.82) is 0 Å². The number of hydrogen-bond acceptors (Lipinski definition) is 6. The number of carbonyl (C=O) groups is 1. The molecule has 0 spiro atoms. The van der Waals surface area contributed by atoms with E-state index in [1.54, 1.807) is 11.8 Å². The predicted molar refractivity (Wildman–Crippen MR) is 187 cm³/mol. The average Bonchev–Trinajstić information content (AvgIpc) is 3.37. The molecule has 0 saturated carbocycles. The standard InChI is InChI=1S/C38H31ClN2O3S2/c1-24-20-31-33(44-23-29-17-14-27(21-40-29)26-8-4-3-5-9-26)19-18-32-35(31)36(45-24)37(41(32)22-25-12-15-28(39)16-13-25)46-34-11-7-6-10-30(34)38(42)43-2/h3-19,21,24H,20,22-23H2,1-2H3. The molecule has 6 aromatic rings. The highest BCUT2D eigenvalue weighted by atomic mass is 35.5. The molecule has 1 aliphatic rings. The fourth-order valence-corrected chi connectivity index (χ4v) is 8.53. The Kier molecular flexibility index (Phi) is 8.80. The highest BCUT2D eigenvalue weighted by Gasteiger charge is 2.30. The molecule has 5 nitrogen and oxygen atoms in total. The third-order valence-electron chi connectivity index (χ3n) is 8.08. The maximum absolute atomic E-state index is 12.7. The smallest absolute Gasteiger partial charge is 0.339 e. The molecule has 0 amide bonds. The maximum atomic E-state index is 12.7. The Bertz CT molecular complexity index is 2030. The molecule has 0 aliphatic carbocycles. The molecular formula is C38H31ClN2O3S2. The number of thioether (sulfide) groups is 1. The molecule has 7 rings (SSSR count). The predicted octanol–water partition coefficient (Wildman–Crippen LogP) is 9.96. The zero-order valence-corrected chi connectivity index (χ0v) is 27.8. The molecule has 1 unspecified atom stereocenters. The number of esters is 1. The van der Waals surface area contributed by atoms with E-state index in [2.05, 4.69) is 54.0 Å². The van der Waals surface area contributed by atoms with Crippen molar-refractivity contribution in [2.75, 3.05) is 7.11 Å². The topological polar surface area (TPSA) is 53.4 Å². The molecule has 0 N–H and O–H groups in total. The Morgan fingerprint density at radius 2 is 1.74 bits per heavy atom. The van der Waals surface area contributed by atoms with Crippen LogP contribution in [-0.2, 0) is 24.3 Å². The van der Waals surface area contributed by atoms with Crippen LogP contribution in [0, 0.1) is 0 Å². The Morgan fingerprint density at radius 1 is 0.957 bits per heavy atom. The summed E-state index contributed by atoms with van der Waals surface area (Å²) in [6.07, 6.45) is 2.79. The van der Waals surface area contributed by atoms with Crippen molar-refractivity contribution in [2.24, 2.45) is 0 Å². The fraction of sp³-hybridized carbons (Fsp3) is 0.158. The monoisotopic (exact) mass is 662 g/mol. The Balaban J connectivity index is 1.28. The fourth-order valence-electron chi connectivity index (χ4n) is 5.84. The molecule has 1 aliphatic heterocycles. The van der Waals surface area contributed by atoms with Gasteiger partial charge in [-0.05, 0) is 60.0 Å². The molecule has 0 fully saturated rings. The minimum Gasteiger partial charge on any atom is -0.487 e. The van der Waals surface area contributed by atoms with Crippen molar-refractivity contribution in [1.82, 2.24) is 9.55 Å². The van der Waals surface area contributed by atoms with Gasteiger partial charge in [0.25, 0.3) is 0 Å². The number of hydrogen-bond donors (Lipinski definition) is 0. The second-order valence-corrected chi connectivity index (χ2v) is 14.1. The van der Waals surface area contributed by atoms with E-state index in [1.807, 2.05) is 78.6 Å². The zero-order valence-electron chi connectivity index (χ0n) is 25.4. The van der Waals surface area contributed by atoms with Gasteiger partial charge in [-0.2, -0.15) is 0 Å². The quantitative estimate of drug-likeness (QED) is 0.144. The first-order valence-electron chi connectivity index (χ1n) is 15.1. The number of pyridine rings is 1. The van der Waals surface area contributed by atoms with Crippen LogP contribution in [-0.4, -0.2) is 27.9 Å². The van der Waals surface area contributed by atoms with Gasteiger partial charge in [-0.25, -0.2) is 4.79 Å². The number of aromatic nitrogens is 2. The van der Waals surface area contributed by atoms with E-state index in [0.29, 0.717) is 29.0 Å². The first-order chi connectivity index (χ1) is 22.5. The second kappa shape index (κ2) is 13.3. The van der Waals surface area contributed by atoms with Gasteiger partial charge in [-0.3, -0.25) is 4.98 Å². The Morgan fingerprint density at radius 3 is 2.50 bits per heavy atom. The van der Waals surface area contributed by atoms with E-state index in [0.717, 1.165) is 50.0 Å². The van der Waals surface area contributed by atoms with E-state index < -0.39 is 0 Å². The third-order valence-corrected chi connectivity index (χ3v) is 10.9. The van der Waals surface area contributed by atoms with Crippen LogP contribution < -0.4 is 4.74 Å². The van der Waals surface area contributed by atoms with Gasteiger partial charge < -0.3 is 14.0 Å². The summed E-state index contributed by atoms with van der Waals surface area (Å²) in [4.78, 5) is 19.5. The summed E-state index contributed by atoms with van der Waals surface area (Å²) in [7, 11) is 1.42. The summed E-state index contributed by atoms with van der Waals surface area (Å²) in [5.74, 6) is 0.532. The summed E-state index contributed by atoms with van der Waals surface area (Å²) in [6.45, 7) is 3.29. The van der Waals surface area contributed by atoms with E-state index in [9.17, 15) is 4.79 Å². The molecule has 0 bridgehead atoms. The summed E-state index contributed by atoms with van der Waals surface area (Å²) in [5.41, 5.74) is 7.13. The number of benzene rings is 4. The molecule has 230 valence electrons. The van der Waals surface area contributed by atoms with Crippen LogP contribution in [0.1, 0.15) is 34.1 Å². The molecule has 46 heavy (non-hydrogen) atoms. The summed E-state index contributed by atoms with van der Waals surface area (Å²) in [5, 5.41) is 3.35. The molecular weight excluding hydrogens is 632 g/mol. The largest absolute Gasteiger partial charge is 0.487 e. The van der Waals surface area contributed by atoms with E-state index in [-0.39, 0.29) is 5.97 Å². The normalized spacial score (nSPS) is 13.9. The van der Waals surface area contributed by atoms with Gasteiger partial charge in [-0.1, -0.05) is 91.0 Å². The van der Waals surface area contributed by atoms with E-state index in [1.165, 1.54) is 23.0 Å². The van der Waals surface area contributed by atoms with Gasteiger partial charge in [0, 0.05) is 49.3 Å². The molecule has 0 saturated heterocycles. The van der Waals surface area contributed by atoms with Crippen LogP contribution in [0.2, 0.25) is 5.02 Å². The third kappa shape index (κ3) is 6.15. The van der Waals surface area contributed by atoms with Gasteiger partial charge >= 0.3 is 5.97 Å². The van der Waals surface area contributed by atoms with Crippen molar-refractivity contribution in [3.8, 4) is 16.9 Å². The number of nitrogens with zero attached hydrogens (tertiary/aromatic N) is 2. The van der Waals surface area contributed by atoms with Crippen molar-refractivity contribution < 1.29 is 14.3 Å². The van der Waals surface area contributed by atoms with Crippen molar-refractivity contribution in [3.05, 3.63) is 137 Å². The van der Waals surface area contributed by atoms with E-state index in [4.69, 9.17) is 26.1 Å². The number of ether oxygens (including phenoxy) is 2. The maximum Gasteiger partial charge on any atom is 0.339 e. The second-order valence-electron chi connectivity index (χ2n) is 11.2. The van der Waals surface area contributed by atoms with Crippen LogP contribution in [0.4, 0.5) is 0 Å². The molecule has 1 atom stereocenters. The molecule has 3 heterocycles. The summed E-state index contributed by atoms with van der Waals surface area (Å²) < 4.78 is 14.0. The van der Waals surface area contributed by atoms with Crippen molar-refractivity contribution in [3.63, 3.8) is 0 Å². The molecule has 0 radical (unpaired) electrons. The lowest BCUT2D eigenvalue weighted by Gasteiger charge is -2.22. The average molecular weight is 663 g/mol. The lowest BCUT2D eigenvalue weighted by Crippen LogP contribution is -2.09. The number of carbonyl (C=O) groups excluding carboxylic acids is 1. The lowest BCUT2D eigenvalue weighted by atomic mass is 10.0. The molecule has 8 heteroatoms. The van der Waals surface area contributed by atoms with Gasteiger partial charge in [0.1, 0.15) is 12.4 Å². The Hall–Kier alpha value is -4.17. The minimum absolute atomic E-state index is 0.338. The lowest BCUT2D eigenvalue weighted by molar-refractivity contribution is 0.0596. The SMILES string of the molecule is COC(=O)c1ccccc1Sc1c2c3c(c(OCc4ccc(-c5ccccc5)cn4)ccc3n1Cc1ccc(Cl)cc1)CC(C)S2. The summed E-state index contributed by atoms with van der Waals surface area (Å²) in [6, 6.07) is 34.2. The van der Waals surface area contributed by atoms with E-state index >= 15 is 0 Å². The highest BCUT2D eigenvalue weighted by Crippen LogP contribution is 2.51. The van der Waals surface area contributed by atoms with Crippen LogP contribution in [0.3, 0.4) is 0 Å². The zero-order chi connectivity index (χ0) is 31.6. The Labute approximate surface area is 281 Å². The first-order valence-corrected chi connectivity index (χ1v) is 17.1. The van der Waals surface area contributed by atoms with Gasteiger partial charge in [0.05, 0.1) is 28.9 Å². The van der Waals surface area contributed by atoms with Crippen LogP contribution >= 0.6 is 35.1 Å². The van der Waals surface area contributed by atoms with Gasteiger partial charge in [0.15, 0.2) is 0 Å². The van der Waals surface area contributed by atoms with Crippen LogP contribution in [0.25, 0.3) is 22.0 Å². The number of methoxy groups -OCH3 is 1. The number of halogens is 1. The van der Waals surface area contributed by atoms with Crippen molar-refractivity contribution >= 4 is 52.0 Å². The van der Waals surface area contributed by atoms with Gasteiger partial charge in [0.2, 0.25) is 0 Å². The van der Waals surface area contributed by atoms with Crippen molar-refractivity contribution in [2.45, 2.75) is 46.6 Å².